The van der Waals surface area contributed by atoms with Crippen LogP contribution in [0.3, 0.4) is 0 Å². The molecule has 4 heteroatoms. The molecule has 2 aromatic carbocycles. The van der Waals surface area contributed by atoms with Gasteiger partial charge in [0.1, 0.15) is 12.3 Å². The summed E-state index contributed by atoms with van der Waals surface area (Å²) in [5.41, 5.74) is 3.29. The second-order valence-corrected chi connectivity index (χ2v) is 5.52. The van der Waals surface area contributed by atoms with E-state index in [0.717, 1.165) is 22.9 Å². The van der Waals surface area contributed by atoms with Crippen molar-refractivity contribution in [3.05, 3.63) is 59.7 Å². The van der Waals surface area contributed by atoms with Crippen molar-refractivity contribution in [2.75, 3.05) is 26.0 Å². The highest BCUT2D eigenvalue weighted by Gasteiger charge is 2.12. The van der Waals surface area contributed by atoms with Crippen molar-refractivity contribution in [1.29, 1.82) is 0 Å². The molecule has 0 heterocycles. The number of carbonyl (C=O) groups excluding carboxylic acids is 1. The van der Waals surface area contributed by atoms with Crippen LogP contribution in [0.25, 0.3) is 0 Å². The Hall–Kier alpha value is -2.33. The number of rotatable bonds is 6. The van der Waals surface area contributed by atoms with Crippen LogP contribution in [-0.2, 0) is 11.3 Å². The molecule has 1 amide bonds. The third-order valence-corrected chi connectivity index (χ3v) is 3.57. The van der Waals surface area contributed by atoms with Crippen molar-refractivity contribution in [3.63, 3.8) is 0 Å². The van der Waals surface area contributed by atoms with E-state index < -0.39 is 0 Å². The predicted molar refractivity (Wildman–Crippen MR) is 88.3 cm³/mol. The van der Waals surface area contributed by atoms with Gasteiger partial charge in [-0.3, -0.25) is 4.79 Å². The van der Waals surface area contributed by atoms with Gasteiger partial charge in [0.15, 0.2) is 6.54 Å². The number of hydrogen-bond donors (Lipinski definition) is 2. The summed E-state index contributed by atoms with van der Waals surface area (Å²) >= 11 is 0. The van der Waals surface area contributed by atoms with Gasteiger partial charge in [0.2, 0.25) is 0 Å². The molecule has 0 spiro atoms. The standard InChI is InChI=1S/C18H22N2O2/c1-14-7-4-5-8-15(14)12-20(2)13-18(21)19-16-9-6-10-17(11-16)22-3/h4-11H,12-13H2,1-3H3,(H,19,21)/p+1. The molecule has 0 aliphatic carbocycles. The second kappa shape index (κ2) is 7.61. The van der Waals surface area contributed by atoms with Gasteiger partial charge in [-0.2, -0.15) is 0 Å². The van der Waals surface area contributed by atoms with Crippen LogP contribution in [0.2, 0.25) is 0 Å². The molecule has 2 N–H and O–H groups in total. The number of amides is 1. The summed E-state index contributed by atoms with van der Waals surface area (Å²) < 4.78 is 5.15. The monoisotopic (exact) mass is 299 g/mol. The Balaban J connectivity index is 1.90. The van der Waals surface area contributed by atoms with Gasteiger partial charge in [0, 0.05) is 17.3 Å². The lowest BCUT2D eigenvalue weighted by atomic mass is 10.1. The highest BCUT2D eigenvalue weighted by Crippen LogP contribution is 2.16. The minimum absolute atomic E-state index is 0.000614. The lowest BCUT2D eigenvalue weighted by molar-refractivity contribution is -0.885. The van der Waals surface area contributed by atoms with E-state index in [-0.39, 0.29) is 5.91 Å². The highest BCUT2D eigenvalue weighted by molar-refractivity contribution is 5.91. The molecule has 22 heavy (non-hydrogen) atoms. The second-order valence-electron chi connectivity index (χ2n) is 5.52. The van der Waals surface area contributed by atoms with Crippen molar-refractivity contribution in [1.82, 2.24) is 0 Å². The van der Waals surface area contributed by atoms with Gasteiger partial charge in [-0.05, 0) is 24.6 Å². The molecular formula is C18H23N2O2+. The van der Waals surface area contributed by atoms with Crippen molar-refractivity contribution in [3.8, 4) is 5.75 Å². The summed E-state index contributed by atoms with van der Waals surface area (Å²) in [6.07, 6.45) is 0. The minimum atomic E-state index is -0.000614. The molecule has 0 radical (unpaired) electrons. The van der Waals surface area contributed by atoms with E-state index in [1.54, 1.807) is 7.11 Å². The van der Waals surface area contributed by atoms with Gasteiger partial charge in [-0.15, -0.1) is 0 Å². The first kappa shape index (κ1) is 16.0. The van der Waals surface area contributed by atoms with Crippen LogP contribution in [0.1, 0.15) is 11.1 Å². The molecule has 0 saturated carbocycles. The molecule has 116 valence electrons. The number of nitrogens with one attached hydrogen (secondary N) is 2. The van der Waals surface area contributed by atoms with Crippen LogP contribution in [0.4, 0.5) is 5.69 Å². The van der Waals surface area contributed by atoms with Crippen molar-refractivity contribution in [2.45, 2.75) is 13.5 Å². The summed E-state index contributed by atoms with van der Waals surface area (Å²) in [5, 5.41) is 2.91. The zero-order valence-electron chi connectivity index (χ0n) is 13.3. The van der Waals surface area contributed by atoms with E-state index in [9.17, 15) is 4.79 Å². The summed E-state index contributed by atoms with van der Waals surface area (Å²) in [5.74, 6) is 0.734. The highest BCUT2D eigenvalue weighted by atomic mass is 16.5. The van der Waals surface area contributed by atoms with Crippen LogP contribution < -0.4 is 15.0 Å². The number of carbonyl (C=O) groups is 1. The number of benzene rings is 2. The zero-order valence-corrected chi connectivity index (χ0v) is 13.3. The minimum Gasteiger partial charge on any atom is -0.497 e. The maximum Gasteiger partial charge on any atom is 0.279 e. The fourth-order valence-electron chi connectivity index (χ4n) is 2.38. The van der Waals surface area contributed by atoms with Gasteiger partial charge >= 0.3 is 0 Å². The molecule has 0 aromatic heterocycles. The third-order valence-electron chi connectivity index (χ3n) is 3.57. The normalized spacial score (nSPS) is 11.8. The number of ether oxygens (including phenoxy) is 1. The molecule has 4 nitrogen and oxygen atoms in total. The molecule has 1 atom stereocenters. The molecule has 0 bridgehead atoms. The zero-order chi connectivity index (χ0) is 15.9. The quantitative estimate of drug-likeness (QED) is 0.852. The molecule has 0 fully saturated rings. The van der Waals surface area contributed by atoms with Gasteiger partial charge in [-0.1, -0.05) is 30.3 Å². The average molecular weight is 299 g/mol. The summed E-state index contributed by atoms with van der Waals surface area (Å²) in [7, 11) is 3.64. The average Bonchev–Trinajstić information content (AvgIpc) is 2.49. The molecule has 1 unspecified atom stereocenters. The van der Waals surface area contributed by atoms with E-state index in [1.807, 2.05) is 43.4 Å². The largest absolute Gasteiger partial charge is 0.497 e. The Labute approximate surface area is 131 Å². The molecule has 0 aliphatic rings. The Morgan fingerprint density at radius 1 is 1.18 bits per heavy atom. The Morgan fingerprint density at radius 2 is 1.95 bits per heavy atom. The Bertz CT molecular complexity index is 640. The summed E-state index contributed by atoms with van der Waals surface area (Å²) in [6.45, 7) is 3.35. The number of likely N-dealkylation sites (N-methyl/N-ethyl adjacent to an activating group) is 1. The predicted octanol–water partition coefficient (Wildman–Crippen LogP) is 1.66. The number of anilines is 1. The lowest BCUT2D eigenvalue weighted by Gasteiger charge is -2.15. The topological polar surface area (TPSA) is 42.8 Å². The molecule has 0 saturated heterocycles. The van der Waals surface area contributed by atoms with Crippen molar-refractivity contribution in [2.24, 2.45) is 0 Å². The van der Waals surface area contributed by atoms with Crippen LogP contribution in [0.5, 0.6) is 5.75 Å². The van der Waals surface area contributed by atoms with E-state index >= 15 is 0 Å². The van der Waals surface area contributed by atoms with Gasteiger partial charge in [0.05, 0.1) is 14.2 Å². The molecule has 2 rings (SSSR count). The first-order valence-corrected chi connectivity index (χ1v) is 7.38. The van der Waals surface area contributed by atoms with E-state index in [2.05, 4.69) is 24.4 Å². The van der Waals surface area contributed by atoms with Gasteiger partial charge < -0.3 is 15.0 Å². The maximum atomic E-state index is 12.1. The fraction of sp³-hybridized carbons (Fsp3) is 0.278. The lowest BCUT2D eigenvalue weighted by Crippen LogP contribution is -3.08. The SMILES string of the molecule is COc1cccc(NC(=O)C[NH+](C)Cc2ccccc2C)c1. The number of hydrogen-bond acceptors (Lipinski definition) is 2. The number of methoxy groups -OCH3 is 1. The van der Waals surface area contributed by atoms with Crippen molar-refractivity contribution < 1.29 is 14.4 Å². The third kappa shape index (κ3) is 4.60. The number of quaternary nitrogens is 1. The maximum absolute atomic E-state index is 12.1. The van der Waals surface area contributed by atoms with Crippen LogP contribution >= 0.6 is 0 Å². The summed E-state index contributed by atoms with van der Waals surface area (Å²) in [4.78, 5) is 13.3. The van der Waals surface area contributed by atoms with Gasteiger partial charge in [-0.25, -0.2) is 0 Å². The fourth-order valence-corrected chi connectivity index (χ4v) is 2.38. The van der Waals surface area contributed by atoms with Gasteiger partial charge in [0.25, 0.3) is 5.91 Å². The van der Waals surface area contributed by atoms with Crippen LogP contribution in [0, 0.1) is 6.92 Å². The smallest absolute Gasteiger partial charge is 0.279 e. The van der Waals surface area contributed by atoms with Crippen LogP contribution in [-0.4, -0.2) is 26.6 Å². The Kier molecular flexibility index (Phi) is 5.55. The Morgan fingerprint density at radius 3 is 2.68 bits per heavy atom. The van der Waals surface area contributed by atoms with E-state index in [4.69, 9.17) is 4.74 Å². The first-order chi connectivity index (χ1) is 10.6. The molecular weight excluding hydrogens is 276 g/mol. The van der Waals surface area contributed by atoms with E-state index in [1.165, 1.54) is 11.1 Å². The van der Waals surface area contributed by atoms with E-state index in [0.29, 0.717) is 6.54 Å². The van der Waals surface area contributed by atoms with Crippen LogP contribution in [0.15, 0.2) is 48.5 Å². The summed E-state index contributed by atoms with van der Waals surface area (Å²) in [6, 6.07) is 15.7. The molecule has 2 aromatic rings. The number of aryl methyl sites for hydroxylation is 1. The first-order valence-electron chi connectivity index (χ1n) is 7.38. The molecule has 0 aliphatic heterocycles. The van der Waals surface area contributed by atoms with Crippen molar-refractivity contribution >= 4 is 11.6 Å².